The van der Waals surface area contributed by atoms with E-state index in [0.29, 0.717) is 19.0 Å². The zero-order chi connectivity index (χ0) is 14.4. The first-order chi connectivity index (χ1) is 8.99. The number of hydrogen-bond acceptors (Lipinski definition) is 3. The van der Waals surface area contributed by atoms with Crippen LogP contribution in [0.5, 0.6) is 0 Å². The molecule has 1 saturated carbocycles. The van der Waals surface area contributed by atoms with Crippen LogP contribution in [-0.4, -0.2) is 42.4 Å². The molecule has 0 heterocycles. The Labute approximate surface area is 115 Å². The average molecular weight is 269 g/mol. The number of nitrogens with one attached hydrogen (secondary N) is 1. The molecule has 2 amide bonds. The number of nitrogens with zero attached hydrogens (tertiary/aromatic N) is 1. The van der Waals surface area contributed by atoms with Crippen LogP contribution >= 0.6 is 0 Å². The van der Waals surface area contributed by atoms with Crippen molar-refractivity contribution in [2.75, 3.05) is 19.6 Å². The Kier molecular flexibility index (Phi) is 6.28. The maximum Gasteiger partial charge on any atom is 0.239 e. The average Bonchev–Trinajstić information content (AvgIpc) is 2.35. The third kappa shape index (κ3) is 4.49. The Morgan fingerprint density at radius 2 is 2.00 bits per heavy atom. The normalized spacial score (nSPS) is 26.8. The molecule has 1 fully saturated rings. The van der Waals surface area contributed by atoms with E-state index in [0.717, 1.165) is 19.3 Å². The van der Waals surface area contributed by atoms with E-state index in [4.69, 9.17) is 5.73 Å². The Morgan fingerprint density at radius 1 is 1.32 bits per heavy atom. The van der Waals surface area contributed by atoms with Crippen LogP contribution in [-0.2, 0) is 9.59 Å². The summed E-state index contributed by atoms with van der Waals surface area (Å²) in [5.41, 5.74) is 5.93. The highest BCUT2D eigenvalue weighted by Crippen LogP contribution is 2.30. The van der Waals surface area contributed by atoms with Gasteiger partial charge in [-0.3, -0.25) is 9.59 Å². The predicted molar refractivity (Wildman–Crippen MR) is 75.4 cm³/mol. The molecule has 5 heteroatoms. The SMILES string of the molecule is CCNC(=O)CN(CC)C(=O)C1CCC(N)CC1C. The van der Waals surface area contributed by atoms with Crippen molar-refractivity contribution < 1.29 is 9.59 Å². The van der Waals surface area contributed by atoms with E-state index in [9.17, 15) is 9.59 Å². The summed E-state index contributed by atoms with van der Waals surface area (Å²) in [5.74, 6) is 0.347. The molecular formula is C14H27N3O2. The van der Waals surface area contributed by atoms with E-state index in [1.165, 1.54) is 0 Å². The molecule has 0 aromatic carbocycles. The topological polar surface area (TPSA) is 75.4 Å². The summed E-state index contributed by atoms with van der Waals surface area (Å²) in [4.78, 5) is 25.8. The van der Waals surface area contributed by atoms with Gasteiger partial charge in [0.2, 0.25) is 11.8 Å². The molecular weight excluding hydrogens is 242 g/mol. The van der Waals surface area contributed by atoms with Crippen LogP contribution in [0.3, 0.4) is 0 Å². The van der Waals surface area contributed by atoms with Gasteiger partial charge >= 0.3 is 0 Å². The van der Waals surface area contributed by atoms with Gasteiger partial charge in [-0.05, 0) is 39.0 Å². The lowest BCUT2D eigenvalue weighted by Gasteiger charge is -2.34. The quantitative estimate of drug-likeness (QED) is 0.773. The highest BCUT2D eigenvalue weighted by molar-refractivity contribution is 5.86. The molecule has 1 rings (SSSR count). The van der Waals surface area contributed by atoms with Crippen LogP contribution in [0.1, 0.15) is 40.0 Å². The van der Waals surface area contributed by atoms with Gasteiger partial charge in [0, 0.05) is 25.0 Å². The number of amides is 2. The number of carbonyl (C=O) groups excluding carboxylic acids is 2. The van der Waals surface area contributed by atoms with Crippen molar-refractivity contribution in [2.24, 2.45) is 17.6 Å². The number of hydrogen-bond donors (Lipinski definition) is 2. The molecule has 3 N–H and O–H groups in total. The number of carbonyl (C=O) groups is 2. The van der Waals surface area contributed by atoms with E-state index in [-0.39, 0.29) is 30.3 Å². The van der Waals surface area contributed by atoms with Gasteiger partial charge in [0.1, 0.15) is 0 Å². The number of likely N-dealkylation sites (N-methyl/N-ethyl adjacent to an activating group) is 2. The van der Waals surface area contributed by atoms with Crippen LogP contribution in [0.25, 0.3) is 0 Å². The third-order valence-corrected chi connectivity index (χ3v) is 3.93. The van der Waals surface area contributed by atoms with Crippen LogP contribution in [0.4, 0.5) is 0 Å². The largest absolute Gasteiger partial charge is 0.355 e. The molecule has 5 nitrogen and oxygen atoms in total. The molecule has 1 aliphatic carbocycles. The van der Waals surface area contributed by atoms with E-state index in [1.807, 2.05) is 13.8 Å². The molecule has 0 saturated heterocycles. The third-order valence-electron chi connectivity index (χ3n) is 3.93. The molecule has 0 aliphatic heterocycles. The lowest BCUT2D eigenvalue weighted by Crippen LogP contribution is -2.46. The summed E-state index contributed by atoms with van der Waals surface area (Å²) in [5, 5.41) is 2.73. The second-order valence-corrected chi connectivity index (χ2v) is 5.46. The summed E-state index contributed by atoms with van der Waals surface area (Å²) in [7, 11) is 0. The van der Waals surface area contributed by atoms with Gasteiger partial charge in [-0.15, -0.1) is 0 Å². The minimum absolute atomic E-state index is 0.0224. The Hall–Kier alpha value is -1.10. The molecule has 110 valence electrons. The van der Waals surface area contributed by atoms with Crippen LogP contribution in [0.15, 0.2) is 0 Å². The molecule has 19 heavy (non-hydrogen) atoms. The second-order valence-electron chi connectivity index (χ2n) is 5.46. The maximum atomic E-state index is 12.5. The van der Waals surface area contributed by atoms with Crippen molar-refractivity contribution in [3.63, 3.8) is 0 Å². The summed E-state index contributed by atoms with van der Waals surface area (Å²) < 4.78 is 0. The van der Waals surface area contributed by atoms with Crippen molar-refractivity contribution >= 4 is 11.8 Å². The molecule has 3 unspecified atom stereocenters. The van der Waals surface area contributed by atoms with Gasteiger partial charge in [0.25, 0.3) is 0 Å². The lowest BCUT2D eigenvalue weighted by molar-refractivity contribution is -0.141. The minimum atomic E-state index is -0.0853. The van der Waals surface area contributed by atoms with E-state index < -0.39 is 0 Å². The van der Waals surface area contributed by atoms with Crippen LogP contribution in [0.2, 0.25) is 0 Å². The van der Waals surface area contributed by atoms with Crippen molar-refractivity contribution in [3.8, 4) is 0 Å². The van der Waals surface area contributed by atoms with Crippen molar-refractivity contribution in [1.29, 1.82) is 0 Å². The molecule has 0 aromatic heterocycles. The van der Waals surface area contributed by atoms with Crippen LogP contribution < -0.4 is 11.1 Å². The fourth-order valence-electron chi connectivity index (χ4n) is 2.81. The number of nitrogens with two attached hydrogens (primary N) is 1. The fourth-order valence-corrected chi connectivity index (χ4v) is 2.81. The van der Waals surface area contributed by atoms with Gasteiger partial charge in [-0.1, -0.05) is 6.92 Å². The standard InChI is InChI=1S/C14H27N3O2/c1-4-16-13(18)9-17(5-2)14(19)12-7-6-11(15)8-10(12)3/h10-12H,4-9,15H2,1-3H3,(H,16,18). The Balaban J connectivity index is 2.60. The zero-order valence-corrected chi connectivity index (χ0v) is 12.3. The molecule has 1 aliphatic rings. The summed E-state index contributed by atoms with van der Waals surface area (Å²) in [6.07, 6.45) is 2.64. The summed E-state index contributed by atoms with van der Waals surface area (Å²) in [6.45, 7) is 7.21. The highest BCUT2D eigenvalue weighted by atomic mass is 16.2. The first-order valence-corrected chi connectivity index (χ1v) is 7.30. The molecule has 0 bridgehead atoms. The molecule has 3 atom stereocenters. The number of rotatable bonds is 5. The fraction of sp³-hybridized carbons (Fsp3) is 0.857. The molecule has 0 spiro atoms. The van der Waals surface area contributed by atoms with Crippen molar-refractivity contribution in [2.45, 2.75) is 46.1 Å². The lowest BCUT2D eigenvalue weighted by atomic mass is 9.77. The monoisotopic (exact) mass is 269 g/mol. The molecule has 0 radical (unpaired) electrons. The molecule has 0 aromatic rings. The summed E-state index contributed by atoms with van der Waals surface area (Å²) in [6, 6.07) is 0.220. The second kappa shape index (κ2) is 7.48. The first kappa shape index (κ1) is 16.0. The Morgan fingerprint density at radius 3 is 2.53 bits per heavy atom. The van der Waals surface area contributed by atoms with Gasteiger partial charge in [0.15, 0.2) is 0 Å². The van der Waals surface area contributed by atoms with E-state index in [2.05, 4.69) is 12.2 Å². The smallest absolute Gasteiger partial charge is 0.239 e. The first-order valence-electron chi connectivity index (χ1n) is 7.30. The van der Waals surface area contributed by atoms with Gasteiger partial charge < -0.3 is 16.0 Å². The minimum Gasteiger partial charge on any atom is -0.355 e. The summed E-state index contributed by atoms with van der Waals surface area (Å²) >= 11 is 0. The predicted octanol–water partition coefficient (Wildman–Crippen LogP) is 0.735. The van der Waals surface area contributed by atoms with E-state index in [1.54, 1.807) is 4.90 Å². The van der Waals surface area contributed by atoms with Gasteiger partial charge in [0.05, 0.1) is 6.54 Å². The van der Waals surface area contributed by atoms with E-state index >= 15 is 0 Å². The van der Waals surface area contributed by atoms with Crippen LogP contribution in [0, 0.1) is 11.8 Å². The van der Waals surface area contributed by atoms with Gasteiger partial charge in [-0.2, -0.15) is 0 Å². The van der Waals surface area contributed by atoms with Crippen molar-refractivity contribution in [3.05, 3.63) is 0 Å². The van der Waals surface area contributed by atoms with Crippen molar-refractivity contribution in [1.82, 2.24) is 10.2 Å². The highest BCUT2D eigenvalue weighted by Gasteiger charge is 2.33. The zero-order valence-electron chi connectivity index (χ0n) is 12.3. The van der Waals surface area contributed by atoms with Gasteiger partial charge in [-0.25, -0.2) is 0 Å². The Bertz CT molecular complexity index is 320. The maximum absolute atomic E-state index is 12.5.